The second-order valence-corrected chi connectivity index (χ2v) is 6.34. The van der Waals surface area contributed by atoms with Crippen molar-refractivity contribution in [1.82, 2.24) is 9.88 Å². The Bertz CT molecular complexity index is 871. The number of benzene rings is 2. The maximum Gasteiger partial charge on any atom is 0.132 e. The first-order valence-electron chi connectivity index (χ1n) is 8.63. The Morgan fingerprint density at radius 1 is 0.962 bits per heavy atom. The van der Waals surface area contributed by atoms with Crippen LogP contribution in [0.1, 0.15) is 0 Å². The van der Waals surface area contributed by atoms with Crippen molar-refractivity contribution in [3.8, 4) is 22.8 Å². The van der Waals surface area contributed by atoms with Crippen LogP contribution in [0.15, 0.2) is 48.5 Å². The van der Waals surface area contributed by atoms with Gasteiger partial charge < -0.3 is 19.7 Å². The summed E-state index contributed by atoms with van der Waals surface area (Å²) in [6.07, 6.45) is 0. The fraction of sp³-hybridized carbons (Fsp3) is 0.286. The van der Waals surface area contributed by atoms with Crippen molar-refractivity contribution in [1.29, 1.82) is 0 Å². The molecule has 0 fully saturated rings. The van der Waals surface area contributed by atoms with Gasteiger partial charge in [0.2, 0.25) is 0 Å². The van der Waals surface area contributed by atoms with Crippen molar-refractivity contribution in [2.24, 2.45) is 0 Å². The molecular formula is C21H25N3O2. The number of fused-ring (bicyclic) bond motifs is 1. The molecule has 0 saturated carbocycles. The van der Waals surface area contributed by atoms with Gasteiger partial charge in [-0.3, -0.25) is 0 Å². The van der Waals surface area contributed by atoms with Crippen molar-refractivity contribution in [3.63, 3.8) is 0 Å². The van der Waals surface area contributed by atoms with Gasteiger partial charge in [0.05, 0.1) is 31.0 Å². The van der Waals surface area contributed by atoms with Crippen molar-refractivity contribution >= 4 is 16.6 Å². The first kappa shape index (κ1) is 18.0. The van der Waals surface area contributed by atoms with E-state index in [0.29, 0.717) is 0 Å². The molecule has 1 N–H and O–H groups in total. The lowest BCUT2D eigenvalue weighted by atomic mass is 10.1. The molecule has 3 aromatic rings. The van der Waals surface area contributed by atoms with Gasteiger partial charge in [0.15, 0.2) is 0 Å². The lowest BCUT2D eigenvalue weighted by Crippen LogP contribution is -2.20. The van der Waals surface area contributed by atoms with Gasteiger partial charge >= 0.3 is 0 Å². The number of nitrogens with one attached hydrogen (secondary N) is 1. The van der Waals surface area contributed by atoms with Crippen molar-refractivity contribution in [3.05, 3.63) is 48.5 Å². The predicted molar refractivity (Wildman–Crippen MR) is 107 cm³/mol. The summed E-state index contributed by atoms with van der Waals surface area (Å²) in [6, 6.07) is 16.0. The molecule has 0 atom stereocenters. The Labute approximate surface area is 154 Å². The summed E-state index contributed by atoms with van der Waals surface area (Å²) >= 11 is 0. The first-order chi connectivity index (χ1) is 12.6. The van der Waals surface area contributed by atoms with Gasteiger partial charge in [-0.25, -0.2) is 4.98 Å². The summed E-state index contributed by atoms with van der Waals surface area (Å²) in [5.74, 6) is 1.48. The molecule has 0 aliphatic heterocycles. The van der Waals surface area contributed by atoms with E-state index in [4.69, 9.17) is 14.5 Å². The van der Waals surface area contributed by atoms with E-state index in [2.05, 4.69) is 36.4 Å². The van der Waals surface area contributed by atoms with Crippen LogP contribution in [0.2, 0.25) is 0 Å². The quantitative estimate of drug-likeness (QED) is 0.700. The highest BCUT2D eigenvalue weighted by Crippen LogP contribution is 2.39. The van der Waals surface area contributed by atoms with E-state index in [1.54, 1.807) is 14.2 Å². The molecule has 3 rings (SSSR count). The minimum atomic E-state index is 0.742. The Balaban J connectivity index is 2.13. The van der Waals surface area contributed by atoms with Crippen molar-refractivity contribution < 1.29 is 9.47 Å². The molecule has 136 valence electrons. The Kier molecular flexibility index (Phi) is 5.58. The number of pyridine rings is 1. The highest BCUT2D eigenvalue weighted by molar-refractivity contribution is 5.94. The van der Waals surface area contributed by atoms with Gasteiger partial charge in [-0.15, -0.1) is 0 Å². The highest BCUT2D eigenvalue weighted by Gasteiger charge is 2.16. The molecule has 5 nitrogen and oxygen atoms in total. The molecule has 0 aliphatic rings. The van der Waals surface area contributed by atoms with E-state index in [9.17, 15) is 0 Å². The normalized spacial score (nSPS) is 11.0. The van der Waals surface area contributed by atoms with E-state index in [0.717, 1.165) is 52.4 Å². The average Bonchev–Trinajstić information content (AvgIpc) is 2.66. The first-order valence-corrected chi connectivity index (χ1v) is 8.63. The zero-order chi connectivity index (χ0) is 18.5. The van der Waals surface area contributed by atoms with E-state index in [-0.39, 0.29) is 0 Å². The molecule has 2 aromatic carbocycles. The van der Waals surface area contributed by atoms with E-state index >= 15 is 0 Å². The third kappa shape index (κ3) is 3.73. The van der Waals surface area contributed by atoms with Crippen LogP contribution >= 0.6 is 0 Å². The Hall–Kier alpha value is -2.79. The van der Waals surface area contributed by atoms with Gasteiger partial charge in [-0.2, -0.15) is 0 Å². The minimum Gasteiger partial charge on any atom is -0.496 e. The third-order valence-electron chi connectivity index (χ3n) is 4.27. The highest BCUT2D eigenvalue weighted by atomic mass is 16.5. The summed E-state index contributed by atoms with van der Waals surface area (Å²) in [7, 11) is 7.46. The number of nitrogens with zero attached hydrogens (tertiary/aromatic N) is 2. The summed E-state index contributed by atoms with van der Waals surface area (Å²) in [4.78, 5) is 7.01. The molecule has 0 saturated heterocycles. The van der Waals surface area contributed by atoms with Gasteiger partial charge in [0.25, 0.3) is 0 Å². The van der Waals surface area contributed by atoms with E-state index in [1.807, 2.05) is 36.4 Å². The number of para-hydroxylation sites is 1. The topological polar surface area (TPSA) is 46.6 Å². The lowest BCUT2D eigenvalue weighted by molar-refractivity contribution is 0.397. The zero-order valence-electron chi connectivity index (χ0n) is 15.7. The number of hydrogen-bond acceptors (Lipinski definition) is 5. The molecule has 1 aromatic heterocycles. The number of hydrogen-bond donors (Lipinski definition) is 1. The number of ether oxygens (including phenoxy) is 2. The average molecular weight is 351 g/mol. The Morgan fingerprint density at radius 2 is 1.65 bits per heavy atom. The summed E-state index contributed by atoms with van der Waals surface area (Å²) in [6.45, 7) is 1.80. The van der Waals surface area contributed by atoms with Gasteiger partial charge in [-0.1, -0.05) is 24.3 Å². The number of aromatic nitrogens is 1. The Morgan fingerprint density at radius 3 is 2.31 bits per heavy atom. The second-order valence-electron chi connectivity index (χ2n) is 6.34. The smallest absolute Gasteiger partial charge is 0.132 e. The molecule has 0 amide bonds. The standard InChI is InChI=1S/C21H25N3O2/c1-24(2)13-12-22-17-14-18(23-16-9-6-5-8-15(16)17)21-19(25-3)10-7-11-20(21)26-4/h5-11,14H,12-13H2,1-4H3,(H,22,23). The number of anilines is 1. The summed E-state index contributed by atoms with van der Waals surface area (Å²) in [5, 5.41) is 4.64. The fourth-order valence-corrected chi connectivity index (χ4v) is 2.97. The summed E-state index contributed by atoms with van der Waals surface area (Å²) in [5.41, 5.74) is 3.68. The maximum absolute atomic E-state index is 5.56. The van der Waals surface area contributed by atoms with Gasteiger partial charge in [-0.05, 0) is 38.4 Å². The van der Waals surface area contributed by atoms with Crippen LogP contribution in [0.4, 0.5) is 5.69 Å². The lowest BCUT2D eigenvalue weighted by Gasteiger charge is -2.16. The van der Waals surface area contributed by atoms with Crippen LogP contribution in [0.25, 0.3) is 22.2 Å². The molecule has 0 radical (unpaired) electrons. The van der Waals surface area contributed by atoms with Crippen molar-refractivity contribution in [2.75, 3.05) is 46.7 Å². The van der Waals surface area contributed by atoms with Crippen LogP contribution in [-0.4, -0.2) is 51.3 Å². The van der Waals surface area contributed by atoms with Crippen LogP contribution in [0.5, 0.6) is 11.5 Å². The molecule has 0 spiro atoms. The minimum absolute atomic E-state index is 0.742. The van der Waals surface area contributed by atoms with Crippen LogP contribution in [-0.2, 0) is 0 Å². The molecular weight excluding hydrogens is 326 g/mol. The second kappa shape index (κ2) is 8.06. The molecule has 0 bridgehead atoms. The number of methoxy groups -OCH3 is 2. The van der Waals surface area contributed by atoms with E-state index in [1.165, 1.54) is 0 Å². The van der Waals surface area contributed by atoms with Gasteiger partial charge in [0, 0.05) is 24.2 Å². The monoisotopic (exact) mass is 351 g/mol. The molecule has 5 heteroatoms. The zero-order valence-corrected chi connectivity index (χ0v) is 15.7. The summed E-state index contributed by atoms with van der Waals surface area (Å²) < 4.78 is 11.1. The molecule has 0 aliphatic carbocycles. The number of likely N-dealkylation sites (N-methyl/N-ethyl adjacent to an activating group) is 1. The predicted octanol–water partition coefficient (Wildman–Crippen LogP) is 3.89. The van der Waals surface area contributed by atoms with Crippen LogP contribution < -0.4 is 14.8 Å². The third-order valence-corrected chi connectivity index (χ3v) is 4.27. The van der Waals surface area contributed by atoms with E-state index < -0.39 is 0 Å². The largest absolute Gasteiger partial charge is 0.496 e. The molecule has 0 unspecified atom stereocenters. The van der Waals surface area contributed by atoms with Gasteiger partial charge in [0.1, 0.15) is 11.5 Å². The van der Waals surface area contributed by atoms with Crippen molar-refractivity contribution in [2.45, 2.75) is 0 Å². The fourth-order valence-electron chi connectivity index (χ4n) is 2.97. The SMILES string of the molecule is COc1cccc(OC)c1-c1cc(NCCN(C)C)c2ccccc2n1. The number of rotatable bonds is 7. The molecule has 1 heterocycles. The van der Waals surface area contributed by atoms with Crippen LogP contribution in [0, 0.1) is 0 Å². The molecule has 26 heavy (non-hydrogen) atoms. The maximum atomic E-state index is 5.56. The van der Waals surface area contributed by atoms with Crippen LogP contribution in [0.3, 0.4) is 0 Å².